The van der Waals surface area contributed by atoms with Crippen LogP contribution in [-0.4, -0.2) is 25.2 Å². The van der Waals surface area contributed by atoms with Gasteiger partial charge in [-0.05, 0) is 30.7 Å². The van der Waals surface area contributed by atoms with Crippen LogP contribution in [0.2, 0.25) is 5.02 Å². The predicted molar refractivity (Wildman–Crippen MR) is 101 cm³/mol. The largest absolute Gasteiger partial charge is 0.487 e. The number of amides is 2. The van der Waals surface area contributed by atoms with Gasteiger partial charge >= 0.3 is 12.0 Å². The SMILES string of the molecule is CCOC(=O)C1=C(COc2cccc(Cl)c2)NC(=O)N[C@@H]1c1ccccc1. The fourth-order valence-electron chi connectivity index (χ4n) is 2.79. The highest BCUT2D eigenvalue weighted by Gasteiger charge is 2.33. The monoisotopic (exact) mass is 386 g/mol. The standard InChI is InChI=1S/C20H19ClN2O4/c1-2-26-19(24)17-16(12-27-15-10-6-9-14(21)11-15)22-20(25)23-18(17)13-7-4-3-5-8-13/h3-11,18H,2,12H2,1H3,(H2,22,23,25)/t18-/m1/s1. The highest BCUT2D eigenvalue weighted by Crippen LogP contribution is 2.28. The summed E-state index contributed by atoms with van der Waals surface area (Å²) >= 11 is 5.97. The molecule has 2 amide bonds. The Kier molecular flexibility index (Phi) is 5.98. The molecule has 2 N–H and O–H groups in total. The smallest absolute Gasteiger partial charge is 0.338 e. The first-order valence-electron chi connectivity index (χ1n) is 8.49. The molecule has 1 aliphatic heterocycles. The van der Waals surface area contributed by atoms with Crippen LogP contribution in [0, 0.1) is 0 Å². The lowest BCUT2D eigenvalue weighted by atomic mass is 9.95. The van der Waals surface area contributed by atoms with E-state index in [-0.39, 0.29) is 13.2 Å². The van der Waals surface area contributed by atoms with Gasteiger partial charge in [-0.2, -0.15) is 0 Å². The quantitative estimate of drug-likeness (QED) is 0.744. The van der Waals surface area contributed by atoms with Crippen LogP contribution in [-0.2, 0) is 9.53 Å². The molecule has 0 aromatic heterocycles. The summed E-state index contributed by atoms with van der Waals surface area (Å²) in [6, 6.07) is 15.1. The van der Waals surface area contributed by atoms with Gasteiger partial charge in [-0.25, -0.2) is 9.59 Å². The molecule has 0 saturated carbocycles. The molecule has 140 valence electrons. The maximum atomic E-state index is 12.6. The van der Waals surface area contributed by atoms with Crippen LogP contribution in [0.1, 0.15) is 18.5 Å². The van der Waals surface area contributed by atoms with Crippen molar-refractivity contribution in [3.8, 4) is 5.75 Å². The van der Waals surface area contributed by atoms with E-state index in [1.54, 1.807) is 31.2 Å². The molecule has 1 atom stereocenters. The van der Waals surface area contributed by atoms with Crippen LogP contribution >= 0.6 is 11.6 Å². The number of urea groups is 1. The number of nitrogens with one attached hydrogen (secondary N) is 2. The van der Waals surface area contributed by atoms with Gasteiger partial charge < -0.3 is 20.1 Å². The van der Waals surface area contributed by atoms with E-state index in [0.29, 0.717) is 22.0 Å². The maximum absolute atomic E-state index is 12.6. The lowest BCUT2D eigenvalue weighted by Crippen LogP contribution is -2.47. The van der Waals surface area contributed by atoms with E-state index in [1.807, 2.05) is 30.3 Å². The minimum atomic E-state index is -0.628. The average Bonchev–Trinajstić information content (AvgIpc) is 2.67. The van der Waals surface area contributed by atoms with Gasteiger partial charge in [0.15, 0.2) is 0 Å². The van der Waals surface area contributed by atoms with E-state index in [1.165, 1.54) is 0 Å². The first kappa shape index (κ1) is 18.8. The normalized spacial score (nSPS) is 16.4. The van der Waals surface area contributed by atoms with Crippen molar-refractivity contribution in [3.05, 3.63) is 76.5 Å². The first-order chi connectivity index (χ1) is 13.1. The van der Waals surface area contributed by atoms with Gasteiger partial charge in [0.25, 0.3) is 0 Å². The Morgan fingerprint density at radius 3 is 2.63 bits per heavy atom. The van der Waals surface area contributed by atoms with Crippen molar-refractivity contribution in [1.82, 2.24) is 10.6 Å². The molecule has 0 bridgehead atoms. The van der Waals surface area contributed by atoms with Gasteiger partial charge in [0, 0.05) is 5.02 Å². The predicted octanol–water partition coefficient (Wildman–Crippen LogP) is 3.59. The van der Waals surface area contributed by atoms with Crippen LogP contribution in [0.3, 0.4) is 0 Å². The zero-order valence-electron chi connectivity index (χ0n) is 14.7. The highest BCUT2D eigenvalue weighted by molar-refractivity contribution is 6.30. The molecule has 1 aliphatic rings. The average molecular weight is 387 g/mol. The summed E-state index contributed by atoms with van der Waals surface area (Å²) < 4.78 is 10.9. The third-order valence-electron chi connectivity index (χ3n) is 3.96. The van der Waals surface area contributed by atoms with Crippen molar-refractivity contribution >= 4 is 23.6 Å². The Bertz CT molecular complexity index is 867. The van der Waals surface area contributed by atoms with Crippen LogP contribution in [0.25, 0.3) is 0 Å². The summed E-state index contributed by atoms with van der Waals surface area (Å²) in [5, 5.41) is 5.97. The fourth-order valence-corrected chi connectivity index (χ4v) is 2.97. The maximum Gasteiger partial charge on any atom is 0.338 e. The van der Waals surface area contributed by atoms with Crippen molar-refractivity contribution in [3.63, 3.8) is 0 Å². The van der Waals surface area contributed by atoms with Gasteiger partial charge in [-0.1, -0.05) is 48.0 Å². The highest BCUT2D eigenvalue weighted by atomic mass is 35.5. The molecule has 0 unspecified atom stereocenters. The Labute approximate surface area is 162 Å². The molecule has 2 aromatic carbocycles. The number of ether oxygens (including phenoxy) is 2. The third-order valence-corrected chi connectivity index (χ3v) is 4.20. The van der Waals surface area contributed by atoms with Gasteiger partial charge in [-0.15, -0.1) is 0 Å². The van der Waals surface area contributed by atoms with E-state index >= 15 is 0 Å². The summed E-state index contributed by atoms with van der Waals surface area (Å²) in [4.78, 5) is 24.8. The molecule has 0 fully saturated rings. The van der Waals surface area contributed by atoms with Crippen LogP contribution in [0.15, 0.2) is 65.9 Å². The molecular formula is C20H19ClN2O4. The van der Waals surface area contributed by atoms with Crippen molar-refractivity contribution in [2.45, 2.75) is 13.0 Å². The molecule has 1 heterocycles. The lowest BCUT2D eigenvalue weighted by Gasteiger charge is -2.29. The number of rotatable bonds is 6. The van der Waals surface area contributed by atoms with E-state index in [4.69, 9.17) is 21.1 Å². The molecule has 0 aliphatic carbocycles. The number of hydrogen-bond donors (Lipinski definition) is 2. The zero-order valence-corrected chi connectivity index (χ0v) is 15.5. The van der Waals surface area contributed by atoms with E-state index in [2.05, 4.69) is 10.6 Å². The summed E-state index contributed by atoms with van der Waals surface area (Å²) in [5.74, 6) is 0.0193. The minimum absolute atomic E-state index is 0.00869. The Balaban J connectivity index is 1.95. The van der Waals surface area contributed by atoms with Crippen molar-refractivity contribution in [1.29, 1.82) is 0 Å². The summed E-state index contributed by atoms with van der Waals surface area (Å²) in [6.07, 6.45) is 0. The van der Waals surface area contributed by atoms with Gasteiger partial charge in [0.2, 0.25) is 0 Å². The number of carbonyl (C=O) groups is 2. The van der Waals surface area contributed by atoms with Gasteiger partial charge in [0.1, 0.15) is 12.4 Å². The second kappa shape index (κ2) is 8.60. The topological polar surface area (TPSA) is 76.7 Å². The number of hydrogen-bond acceptors (Lipinski definition) is 4. The van der Waals surface area contributed by atoms with Crippen LogP contribution in [0.4, 0.5) is 4.79 Å². The Morgan fingerprint density at radius 2 is 1.93 bits per heavy atom. The summed E-state index contributed by atoms with van der Waals surface area (Å²) in [7, 11) is 0. The Hall–Kier alpha value is -2.99. The second-order valence-electron chi connectivity index (χ2n) is 5.80. The van der Waals surface area contributed by atoms with Crippen molar-refractivity contribution in [2.75, 3.05) is 13.2 Å². The molecule has 7 heteroatoms. The molecule has 6 nitrogen and oxygen atoms in total. The van der Waals surface area contributed by atoms with E-state index < -0.39 is 18.0 Å². The molecular weight excluding hydrogens is 368 g/mol. The number of esters is 1. The summed E-state index contributed by atoms with van der Waals surface area (Å²) in [6.45, 7) is 1.94. The molecule has 3 rings (SSSR count). The molecule has 27 heavy (non-hydrogen) atoms. The van der Waals surface area contributed by atoms with Crippen molar-refractivity contribution < 1.29 is 19.1 Å². The van der Waals surface area contributed by atoms with E-state index in [9.17, 15) is 9.59 Å². The molecule has 0 saturated heterocycles. The first-order valence-corrected chi connectivity index (χ1v) is 8.87. The number of benzene rings is 2. The minimum Gasteiger partial charge on any atom is -0.487 e. The molecule has 0 spiro atoms. The van der Waals surface area contributed by atoms with Gasteiger partial charge in [-0.3, -0.25) is 0 Å². The lowest BCUT2D eigenvalue weighted by molar-refractivity contribution is -0.139. The van der Waals surface area contributed by atoms with E-state index in [0.717, 1.165) is 5.56 Å². The number of halogens is 1. The van der Waals surface area contributed by atoms with Crippen molar-refractivity contribution in [2.24, 2.45) is 0 Å². The summed E-state index contributed by atoms with van der Waals surface area (Å²) in [5.41, 5.74) is 1.44. The second-order valence-corrected chi connectivity index (χ2v) is 6.24. The van der Waals surface area contributed by atoms with Crippen LogP contribution in [0.5, 0.6) is 5.75 Å². The third kappa shape index (κ3) is 4.60. The van der Waals surface area contributed by atoms with Crippen LogP contribution < -0.4 is 15.4 Å². The zero-order chi connectivity index (χ0) is 19.2. The van der Waals surface area contributed by atoms with Gasteiger partial charge in [0.05, 0.1) is 23.9 Å². The molecule has 0 radical (unpaired) electrons. The molecule has 2 aromatic rings. The Morgan fingerprint density at radius 1 is 1.15 bits per heavy atom. The fraction of sp³-hybridized carbons (Fsp3) is 0.200. The number of carbonyl (C=O) groups excluding carboxylic acids is 2.